The first kappa shape index (κ1) is 19.9. The Labute approximate surface area is 150 Å². The third kappa shape index (κ3) is 5.26. The number of hydrogen-bond donors (Lipinski definition) is 1. The average Bonchev–Trinajstić information content (AvgIpc) is 3.04. The second kappa shape index (κ2) is 8.78. The summed E-state index contributed by atoms with van der Waals surface area (Å²) in [7, 11) is -3.52. The van der Waals surface area contributed by atoms with E-state index in [2.05, 4.69) is 12.2 Å². The number of carbonyl (C=O) groups is 1. The van der Waals surface area contributed by atoms with E-state index in [1.165, 1.54) is 16.4 Å². The molecular formula is C18H28N2O4S. The van der Waals surface area contributed by atoms with Gasteiger partial charge in [-0.15, -0.1) is 0 Å². The van der Waals surface area contributed by atoms with E-state index in [1.54, 1.807) is 12.1 Å². The molecule has 1 aromatic rings. The lowest BCUT2D eigenvalue weighted by atomic mass is 10.1. The summed E-state index contributed by atoms with van der Waals surface area (Å²) in [6.07, 6.45) is 1.78. The van der Waals surface area contributed by atoms with Crippen LogP contribution in [0.25, 0.3) is 0 Å². The summed E-state index contributed by atoms with van der Waals surface area (Å²) >= 11 is 0. The fraction of sp³-hybridized carbons (Fsp3) is 0.611. The molecule has 0 aromatic heterocycles. The van der Waals surface area contributed by atoms with E-state index in [0.717, 1.165) is 12.8 Å². The van der Waals surface area contributed by atoms with Crippen molar-refractivity contribution in [3.05, 3.63) is 29.8 Å². The highest BCUT2D eigenvalue weighted by molar-refractivity contribution is 7.89. The van der Waals surface area contributed by atoms with Gasteiger partial charge in [0.25, 0.3) is 5.91 Å². The second-order valence-electron chi connectivity index (χ2n) is 6.75. The third-order valence-electron chi connectivity index (χ3n) is 4.12. The van der Waals surface area contributed by atoms with Crippen molar-refractivity contribution < 1.29 is 17.9 Å². The number of nitrogens with zero attached hydrogens (tertiary/aromatic N) is 1. The van der Waals surface area contributed by atoms with Crippen LogP contribution in [0.2, 0.25) is 0 Å². The second-order valence-corrected chi connectivity index (χ2v) is 8.68. The summed E-state index contributed by atoms with van der Waals surface area (Å²) in [6, 6.07) is 6.16. The van der Waals surface area contributed by atoms with Crippen LogP contribution in [-0.2, 0) is 14.8 Å². The molecule has 1 fully saturated rings. The van der Waals surface area contributed by atoms with Gasteiger partial charge < -0.3 is 10.1 Å². The molecule has 2 rings (SSSR count). The lowest BCUT2D eigenvalue weighted by molar-refractivity contribution is 0.0943. The van der Waals surface area contributed by atoms with E-state index in [4.69, 9.17) is 4.74 Å². The Morgan fingerprint density at radius 2 is 2.00 bits per heavy atom. The minimum atomic E-state index is -3.52. The zero-order chi connectivity index (χ0) is 18.4. The Morgan fingerprint density at radius 1 is 1.32 bits per heavy atom. The summed E-state index contributed by atoms with van der Waals surface area (Å²) < 4.78 is 32.6. The summed E-state index contributed by atoms with van der Waals surface area (Å²) in [4.78, 5) is 12.2. The first-order chi connectivity index (χ1) is 11.8. The van der Waals surface area contributed by atoms with E-state index in [9.17, 15) is 13.2 Å². The highest BCUT2D eigenvalue weighted by atomic mass is 32.2. The molecule has 140 valence electrons. The van der Waals surface area contributed by atoms with Crippen molar-refractivity contribution in [3.8, 4) is 0 Å². The van der Waals surface area contributed by atoms with E-state index in [1.807, 2.05) is 13.8 Å². The molecule has 0 saturated carbocycles. The third-order valence-corrected chi connectivity index (χ3v) is 6.00. The zero-order valence-electron chi connectivity index (χ0n) is 15.2. The molecule has 0 spiro atoms. The molecule has 6 nitrogen and oxygen atoms in total. The monoisotopic (exact) mass is 368 g/mol. The molecule has 1 aliphatic heterocycles. The quantitative estimate of drug-likeness (QED) is 0.714. The van der Waals surface area contributed by atoms with Gasteiger partial charge in [-0.1, -0.05) is 6.92 Å². The number of hydrogen-bond acceptors (Lipinski definition) is 4. The minimum Gasteiger partial charge on any atom is -0.381 e. The predicted octanol–water partition coefficient (Wildman–Crippen LogP) is 2.26. The zero-order valence-corrected chi connectivity index (χ0v) is 16.0. The van der Waals surface area contributed by atoms with Gasteiger partial charge in [0.15, 0.2) is 0 Å². The Balaban J connectivity index is 2.01. The van der Waals surface area contributed by atoms with Crippen LogP contribution < -0.4 is 5.32 Å². The molecule has 25 heavy (non-hydrogen) atoms. The Morgan fingerprint density at radius 3 is 2.60 bits per heavy atom. The van der Waals surface area contributed by atoms with Crippen LogP contribution in [-0.4, -0.2) is 51.0 Å². The van der Waals surface area contributed by atoms with Crippen LogP contribution in [0.5, 0.6) is 0 Å². The molecule has 1 atom stereocenters. The highest BCUT2D eigenvalue weighted by Crippen LogP contribution is 2.24. The van der Waals surface area contributed by atoms with Gasteiger partial charge in [-0.3, -0.25) is 4.79 Å². The van der Waals surface area contributed by atoms with Crippen molar-refractivity contribution in [2.45, 2.75) is 44.6 Å². The van der Waals surface area contributed by atoms with Crippen molar-refractivity contribution in [3.63, 3.8) is 0 Å². The SMILES string of the molecule is CCCOCC1CCN(S(=O)(=O)c2ccc(C(=O)NC(C)C)cc2)C1. The molecule has 7 heteroatoms. The molecule has 1 saturated heterocycles. The van der Waals surface area contributed by atoms with E-state index >= 15 is 0 Å². The van der Waals surface area contributed by atoms with Gasteiger partial charge in [0.2, 0.25) is 10.0 Å². The number of nitrogens with one attached hydrogen (secondary N) is 1. The number of benzene rings is 1. The first-order valence-electron chi connectivity index (χ1n) is 8.83. The highest BCUT2D eigenvalue weighted by Gasteiger charge is 2.32. The number of sulfonamides is 1. The van der Waals surface area contributed by atoms with Gasteiger partial charge in [-0.2, -0.15) is 4.31 Å². The Kier molecular flexibility index (Phi) is 6.98. The predicted molar refractivity (Wildman–Crippen MR) is 97.0 cm³/mol. The van der Waals surface area contributed by atoms with Crippen LogP contribution in [0.3, 0.4) is 0 Å². The van der Waals surface area contributed by atoms with Crippen LogP contribution in [0, 0.1) is 5.92 Å². The number of amides is 1. The Hall–Kier alpha value is -1.44. The number of ether oxygens (including phenoxy) is 1. The van der Waals surface area contributed by atoms with E-state index in [-0.39, 0.29) is 22.8 Å². The maximum atomic E-state index is 12.8. The van der Waals surface area contributed by atoms with Gasteiger partial charge in [0, 0.05) is 31.3 Å². The maximum absolute atomic E-state index is 12.8. The van der Waals surface area contributed by atoms with Gasteiger partial charge in [-0.05, 0) is 56.9 Å². The first-order valence-corrected chi connectivity index (χ1v) is 10.3. The molecule has 0 aliphatic carbocycles. The molecule has 1 heterocycles. The van der Waals surface area contributed by atoms with Crippen LogP contribution >= 0.6 is 0 Å². The lowest BCUT2D eigenvalue weighted by Gasteiger charge is -2.17. The topological polar surface area (TPSA) is 75.7 Å². The lowest BCUT2D eigenvalue weighted by Crippen LogP contribution is -2.31. The molecule has 1 unspecified atom stereocenters. The Bertz CT molecular complexity index is 671. The summed E-state index contributed by atoms with van der Waals surface area (Å²) in [5.41, 5.74) is 0.458. The molecule has 1 N–H and O–H groups in total. The van der Waals surface area contributed by atoms with Gasteiger partial charge in [-0.25, -0.2) is 8.42 Å². The summed E-state index contributed by atoms with van der Waals surface area (Å²) in [5.74, 6) is 0.0469. The molecule has 1 amide bonds. The fourth-order valence-electron chi connectivity index (χ4n) is 2.82. The normalized spacial score (nSPS) is 18.6. The molecule has 1 aromatic carbocycles. The minimum absolute atomic E-state index is 0.0346. The number of carbonyl (C=O) groups excluding carboxylic acids is 1. The van der Waals surface area contributed by atoms with Crippen LogP contribution in [0.4, 0.5) is 0 Å². The van der Waals surface area contributed by atoms with Crippen LogP contribution in [0.1, 0.15) is 44.0 Å². The summed E-state index contributed by atoms with van der Waals surface area (Å²) in [6.45, 7) is 8.13. The van der Waals surface area contributed by atoms with Crippen molar-refractivity contribution in [1.82, 2.24) is 9.62 Å². The standard InChI is InChI=1S/C18H28N2O4S/c1-4-11-24-13-15-9-10-20(12-15)25(22,23)17-7-5-16(6-8-17)18(21)19-14(2)3/h5-8,14-15H,4,9-13H2,1-3H3,(H,19,21). The maximum Gasteiger partial charge on any atom is 0.251 e. The molecule has 1 aliphatic rings. The van der Waals surface area contributed by atoms with Gasteiger partial charge in [0.1, 0.15) is 0 Å². The summed E-state index contributed by atoms with van der Waals surface area (Å²) in [5, 5.41) is 2.79. The van der Waals surface area contributed by atoms with Crippen molar-refractivity contribution in [2.75, 3.05) is 26.3 Å². The van der Waals surface area contributed by atoms with Crippen molar-refractivity contribution >= 4 is 15.9 Å². The van der Waals surface area contributed by atoms with Crippen molar-refractivity contribution in [1.29, 1.82) is 0 Å². The molecular weight excluding hydrogens is 340 g/mol. The van der Waals surface area contributed by atoms with Crippen molar-refractivity contribution in [2.24, 2.45) is 5.92 Å². The fourth-order valence-corrected chi connectivity index (χ4v) is 4.35. The van der Waals surface area contributed by atoms with Gasteiger partial charge in [0.05, 0.1) is 11.5 Å². The molecule has 0 bridgehead atoms. The van der Waals surface area contributed by atoms with Crippen LogP contribution in [0.15, 0.2) is 29.2 Å². The van der Waals surface area contributed by atoms with Gasteiger partial charge >= 0.3 is 0 Å². The molecule has 0 radical (unpaired) electrons. The smallest absolute Gasteiger partial charge is 0.251 e. The van der Waals surface area contributed by atoms with E-state index in [0.29, 0.717) is 31.9 Å². The number of rotatable bonds is 8. The largest absolute Gasteiger partial charge is 0.381 e. The average molecular weight is 368 g/mol. The van der Waals surface area contributed by atoms with E-state index < -0.39 is 10.0 Å².